The molecule has 1 unspecified atom stereocenters. The number of fused-ring (bicyclic) bond motifs is 2. The number of ether oxygens (including phenoxy) is 4. The number of hydrogen-bond donors (Lipinski definition) is 2. The summed E-state index contributed by atoms with van der Waals surface area (Å²) >= 11 is 0. The number of benzene rings is 2. The van der Waals surface area contributed by atoms with Gasteiger partial charge >= 0.3 is 0 Å². The van der Waals surface area contributed by atoms with Crippen LogP contribution in [0.2, 0.25) is 0 Å². The van der Waals surface area contributed by atoms with Gasteiger partial charge in [0.15, 0.2) is 12.0 Å². The standard InChI is InChI=1S/C41H53N5O5/c1-39(2,3)51-38(47)44-25-20-41(21-26-44)19-12-23-45(41)27-32-34-35(50-40(4,5)49-34)37(48-32)46-24-18-30-31(46)17-22-42-36(30)43-33(28-13-8-6-9-14-28)29-15-10-7-11-16-29/h6-11,13-18,22,24,32-35,37-38,47H,12,19-21,23,25-27H2,1-5H3,(H,42,43)/t32-,34-,35-,37-,38?/m1/s1. The molecule has 51 heavy (non-hydrogen) atoms. The van der Waals surface area contributed by atoms with Crippen LogP contribution in [0, 0.1) is 0 Å². The summed E-state index contributed by atoms with van der Waals surface area (Å²) in [6.07, 6.45) is 6.44. The van der Waals surface area contributed by atoms with E-state index in [1.165, 1.54) is 11.1 Å². The quantitative estimate of drug-likeness (QED) is 0.186. The van der Waals surface area contributed by atoms with Gasteiger partial charge in [-0.3, -0.25) is 9.80 Å². The van der Waals surface area contributed by atoms with E-state index in [1.807, 2.05) is 52.9 Å². The first-order valence-electron chi connectivity index (χ1n) is 18.7. The van der Waals surface area contributed by atoms with Gasteiger partial charge in [-0.2, -0.15) is 0 Å². The second-order valence-corrected chi connectivity index (χ2v) is 16.2. The highest BCUT2D eigenvalue weighted by Gasteiger charge is 2.57. The predicted molar refractivity (Wildman–Crippen MR) is 197 cm³/mol. The molecule has 0 aliphatic carbocycles. The van der Waals surface area contributed by atoms with Gasteiger partial charge in [-0.15, -0.1) is 0 Å². The lowest BCUT2D eigenvalue weighted by atomic mass is 9.84. The predicted octanol–water partition coefficient (Wildman–Crippen LogP) is 6.68. The van der Waals surface area contributed by atoms with Crippen molar-refractivity contribution in [2.45, 2.75) is 114 Å². The highest BCUT2D eigenvalue weighted by atomic mass is 16.8. The van der Waals surface area contributed by atoms with Gasteiger partial charge in [-0.05, 0) is 90.1 Å². The fourth-order valence-electron chi connectivity index (χ4n) is 8.86. The van der Waals surface area contributed by atoms with Crippen molar-refractivity contribution in [2.75, 3.05) is 31.5 Å². The number of hydrogen-bond acceptors (Lipinski definition) is 9. The zero-order valence-electron chi connectivity index (χ0n) is 30.6. The highest BCUT2D eigenvalue weighted by Crippen LogP contribution is 2.47. The Bertz CT molecular complexity index is 1740. The van der Waals surface area contributed by atoms with Crippen molar-refractivity contribution in [3.63, 3.8) is 0 Å². The average molecular weight is 696 g/mol. The largest absolute Gasteiger partial charge is 0.359 e. The normalized spacial score (nSPS) is 27.0. The SMILES string of the molecule is CC(C)(C)OC(O)N1CCC2(CCCN2C[C@H]2O[C@@H](n3ccc4c(NC(c5ccccc5)c5ccccc5)nccc43)[C@@H]3OC(C)(C)O[C@@H]32)CC1. The van der Waals surface area contributed by atoms with Crippen LogP contribution in [-0.2, 0) is 18.9 Å². The van der Waals surface area contributed by atoms with Gasteiger partial charge in [-0.1, -0.05) is 60.7 Å². The van der Waals surface area contributed by atoms with E-state index in [-0.39, 0.29) is 36.1 Å². The van der Waals surface area contributed by atoms with E-state index in [2.05, 4.69) is 86.5 Å². The van der Waals surface area contributed by atoms with Gasteiger partial charge in [0.2, 0.25) is 6.41 Å². The summed E-state index contributed by atoms with van der Waals surface area (Å²) < 4.78 is 28.3. The third kappa shape index (κ3) is 6.95. The molecule has 4 saturated heterocycles. The van der Waals surface area contributed by atoms with Crippen molar-refractivity contribution in [3.8, 4) is 0 Å². The number of anilines is 1. The number of aliphatic hydroxyl groups excluding tert-OH is 1. The molecule has 5 atom stereocenters. The molecule has 4 aliphatic heterocycles. The van der Waals surface area contributed by atoms with Crippen LogP contribution in [0.4, 0.5) is 5.82 Å². The van der Waals surface area contributed by atoms with E-state index in [4.69, 9.17) is 23.9 Å². The molecule has 0 saturated carbocycles. The number of pyridine rings is 1. The molecular formula is C41H53N5O5. The molecule has 6 heterocycles. The number of rotatable bonds is 9. The monoisotopic (exact) mass is 695 g/mol. The zero-order chi connectivity index (χ0) is 35.4. The van der Waals surface area contributed by atoms with Gasteiger partial charge in [0.25, 0.3) is 0 Å². The van der Waals surface area contributed by atoms with Gasteiger partial charge in [0.1, 0.15) is 24.1 Å². The molecule has 272 valence electrons. The van der Waals surface area contributed by atoms with E-state index in [0.29, 0.717) is 0 Å². The van der Waals surface area contributed by atoms with Crippen molar-refractivity contribution in [3.05, 3.63) is 96.3 Å². The second-order valence-electron chi connectivity index (χ2n) is 16.2. The Morgan fingerprint density at radius 3 is 2.24 bits per heavy atom. The topological polar surface area (TPSA) is 93.5 Å². The van der Waals surface area contributed by atoms with Crippen LogP contribution in [0.3, 0.4) is 0 Å². The van der Waals surface area contributed by atoms with E-state index in [0.717, 1.165) is 68.6 Å². The first kappa shape index (κ1) is 34.7. The van der Waals surface area contributed by atoms with E-state index < -0.39 is 17.8 Å². The number of piperidine rings is 1. The summed E-state index contributed by atoms with van der Waals surface area (Å²) in [7, 11) is 0. The first-order chi connectivity index (χ1) is 24.5. The molecular weight excluding hydrogens is 642 g/mol. The molecule has 2 aromatic heterocycles. The number of aliphatic hydroxyl groups is 1. The lowest BCUT2D eigenvalue weighted by Gasteiger charge is -2.47. The van der Waals surface area contributed by atoms with E-state index in [9.17, 15) is 5.11 Å². The second kappa shape index (κ2) is 13.6. The summed E-state index contributed by atoms with van der Waals surface area (Å²) in [6, 6.07) is 25.1. The zero-order valence-corrected chi connectivity index (χ0v) is 30.6. The average Bonchev–Trinajstić information content (AvgIpc) is 3.86. The van der Waals surface area contributed by atoms with Gasteiger partial charge in [0.05, 0.1) is 17.2 Å². The van der Waals surface area contributed by atoms with Crippen LogP contribution in [0.25, 0.3) is 10.9 Å². The van der Waals surface area contributed by atoms with Gasteiger partial charge in [0, 0.05) is 43.0 Å². The molecule has 0 amide bonds. The Morgan fingerprint density at radius 2 is 1.57 bits per heavy atom. The number of nitrogens with zero attached hydrogens (tertiary/aromatic N) is 4. The van der Waals surface area contributed by atoms with Crippen molar-refractivity contribution in [1.82, 2.24) is 19.4 Å². The molecule has 8 rings (SSSR count). The third-order valence-electron chi connectivity index (χ3n) is 11.2. The molecule has 4 aromatic rings. The molecule has 1 spiro atoms. The van der Waals surface area contributed by atoms with Crippen molar-refractivity contribution < 1.29 is 24.1 Å². The fourth-order valence-corrected chi connectivity index (χ4v) is 8.86. The van der Waals surface area contributed by atoms with Crippen LogP contribution in [0.1, 0.15) is 83.7 Å². The Kier molecular flexibility index (Phi) is 9.24. The molecule has 10 heteroatoms. The minimum absolute atomic E-state index is 0.0633. The molecule has 2 aromatic carbocycles. The van der Waals surface area contributed by atoms with Gasteiger partial charge in [-0.25, -0.2) is 4.98 Å². The smallest absolute Gasteiger partial charge is 0.216 e. The number of nitrogens with one attached hydrogen (secondary N) is 1. The Morgan fingerprint density at radius 1 is 0.902 bits per heavy atom. The highest BCUT2D eigenvalue weighted by molar-refractivity contribution is 5.90. The first-order valence-corrected chi connectivity index (χ1v) is 18.7. The third-order valence-corrected chi connectivity index (χ3v) is 11.2. The summed E-state index contributed by atoms with van der Waals surface area (Å²) in [5, 5.41) is 15.6. The van der Waals surface area contributed by atoms with E-state index in [1.54, 1.807) is 0 Å². The summed E-state index contributed by atoms with van der Waals surface area (Å²) in [6.45, 7) is 13.4. The van der Waals surface area contributed by atoms with Crippen LogP contribution in [-0.4, -0.2) is 92.3 Å². The van der Waals surface area contributed by atoms with Crippen molar-refractivity contribution in [1.29, 1.82) is 0 Å². The lowest BCUT2D eigenvalue weighted by molar-refractivity contribution is -0.246. The maximum absolute atomic E-state index is 10.8. The molecule has 2 N–H and O–H groups in total. The molecule has 10 nitrogen and oxygen atoms in total. The molecule has 4 aliphatic rings. The Hall–Kier alpha value is -3.35. The van der Waals surface area contributed by atoms with Crippen LogP contribution in [0.5, 0.6) is 0 Å². The van der Waals surface area contributed by atoms with Gasteiger partial charge < -0.3 is 33.9 Å². The van der Waals surface area contributed by atoms with Crippen LogP contribution < -0.4 is 5.32 Å². The van der Waals surface area contributed by atoms with E-state index >= 15 is 0 Å². The van der Waals surface area contributed by atoms with Crippen molar-refractivity contribution in [2.24, 2.45) is 0 Å². The summed E-state index contributed by atoms with van der Waals surface area (Å²) in [5.74, 6) is 0.116. The van der Waals surface area contributed by atoms with Crippen LogP contribution in [0.15, 0.2) is 85.2 Å². The molecule has 4 fully saturated rings. The number of likely N-dealkylation sites (tertiary alicyclic amines) is 2. The fraction of sp³-hybridized carbons (Fsp3) is 0.537. The maximum Gasteiger partial charge on any atom is 0.216 e. The summed E-state index contributed by atoms with van der Waals surface area (Å²) in [4.78, 5) is 9.55. The van der Waals surface area contributed by atoms with Crippen molar-refractivity contribution >= 4 is 16.7 Å². The minimum Gasteiger partial charge on any atom is -0.359 e. The molecule has 0 radical (unpaired) electrons. The Balaban J connectivity index is 1.03. The Labute approximate surface area is 301 Å². The number of aromatic nitrogens is 2. The summed E-state index contributed by atoms with van der Waals surface area (Å²) in [5.41, 5.74) is 3.07. The minimum atomic E-state index is -0.881. The molecule has 0 bridgehead atoms. The maximum atomic E-state index is 10.8. The van der Waals surface area contributed by atoms with Crippen LogP contribution >= 0.6 is 0 Å². The lowest BCUT2D eigenvalue weighted by Crippen LogP contribution is -2.57.